The third kappa shape index (κ3) is 4.83. The largest absolute Gasteiger partial charge is 0.319 e. The van der Waals surface area contributed by atoms with Gasteiger partial charge in [-0.1, -0.05) is 68.3 Å². The van der Waals surface area contributed by atoms with Crippen molar-refractivity contribution in [3.05, 3.63) is 68.6 Å². The van der Waals surface area contributed by atoms with Crippen molar-refractivity contribution >= 4 is 40.1 Å². The van der Waals surface area contributed by atoms with Crippen molar-refractivity contribution in [2.24, 2.45) is 0 Å². The van der Waals surface area contributed by atoms with Crippen LogP contribution in [0.25, 0.3) is 0 Å². The summed E-state index contributed by atoms with van der Waals surface area (Å²) in [6, 6.07) is 15.3. The fraction of sp³-hybridized carbons (Fsp3) is 0.143. The third-order valence-electron chi connectivity index (χ3n) is 2.61. The molecule has 2 aromatic rings. The van der Waals surface area contributed by atoms with Crippen LogP contribution in [0.5, 0.6) is 0 Å². The summed E-state index contributed by atoms with van der Waals surface area (Å²) in [6.07, 6.45) is 0. The number of hydrogen-bond donors (Lipinski definition) is 0. The van der Waals surface area contributed by atoms with Gasteiger partial charge >= 0.3 is 8.25 Å². The zero-order valence-electron chi connectivity index (χ0n) is 10.5. The molecule has 0 aliphatic heterocycles. The van der Waals surface area contributed by atoms with Gasteiger partial charge in [0.1, 0.15) is 0 Å². The Hall–Kier alpha value is -0.450. The Balaban J connectivity index is 1.82. The average molecular weight is 420 g/mol. The summed E-state index contributed by atoms with van der Waals surface area (Å²) in [4.78, 5) is 0. The fourth-order valence-electron chi connectivity index (χ4n) is 1.55. The molecule has 0 amide bonds. The Bertz CT molecular complexity index is 553. The van der Waals surface area contributed by atoms with Crippen molar-refractivity contribution < 1.29 is 13.6 Å². The van der Waals surface area contributed by atoms with Crippen LogP contribution < -0.4 is 0 Å². The van der Waals surface area contributed by atoms with Crippen LogP contribution in [0, 0.1) is 0 Å². The monoisotopic (exact) mass is 418 g/mol. The molecule has 0 radical (unpaired) electrons. The molecule has 0 N–H and O–H groups in total. The predicted octanol–water partition coefficient (Wildman–Crippen LogP) is 5.33. The molecule has 106 valence electrons. The van der Waals surface area contributed by atoms with E-state index in [4.69, 9.17) is 9.05 Å². The lowest BCUT2D eigenvalue weighted by atomic mass is 10.2. The van der Waals surface area contributed by atoms with Crippen LogP contribution in [0.4, 0.5) is 0 Å². The van der Waals surface area contributed by atoms with Gasteiger partial charge in [-0.2, -0.15) is 0 Å². The first-order valence-electron chi connectivity index (χ1n) is 5.93. The Kier molecular flexibility index (Phi) is 6.46. The van der Waals surface area contributed by atoms with Gasteiger partial charge in [-0.05, 0) is 23.3 Å². The quantitative estimate of drug-likeness (QED) is 0.593. The van der Waals surface area contributed by atoms with Crippen molar-refractivity contribution in [1.82, 2.24) is 0 Å². The summed E-state index contributed by atoms with van der Waals surface area (Å²) >= 11 is 6.83. The molecule has 0 saturated carbocycles. The van der Waals surface area contributed by atoms with E-state index in [-0.39, 0.29) is 13.2 Å². The van der Waals surface area contributed by atoms with Gasteiger partial charge < -0.3 is 9.05 Å². The molecule has 2 aromatic carbocycles. The first-order chi connectivity index (χ1) is 9.66. The molecule has 2 rings (SSSR count). The van der Waals surface area contributed by atoms with E-state index >= 15 is 0 Å². The minimum atomic E-state index is -2.51. The van der Waals surface area contributed by atoms with Crippen LogP contribution in [0.1, 0.15) is 11.1 Å². The third-order valence-corrected chi connectivity index (χ3v) is 4.91. The lowest BCUT2D eigenvalue weighted by molar-refractivity contribution is 0.212. The highest BCUT2D eigenvalue weighted by Crippen LogP contribution is 2.30. The van der Waals surface area contributed by atoms with Crippen LogP contribution >= 0.6 is 40.1 Å². The van der Waals surface area contributed by atoms with E-state index in [1.165, 1.54) is 0 Å². The van der Waals surface area contributed by atoms with Crippen LogP contribution in [-0.4, -0.2) is 0 Å². The van der Waals surface area contributed by atoms with E-state index in [2.05, 4.69) is 31.9 Å². The summed E-state index contributed by atoms with van der Waals surface area (Å²) in [7, 11) is -2.51. The standard InChI is InChI=1S/C14H13Br2O3P/c15-13-7-3-1-5-11(13)9-18-20(17)19-10-12-6-2-4-8-14(12)16/h1-8,20H,9-10H2. The van der Waals surface area contributed by atoms with E-state index in [1.54, 1.807) is 0 Å². The molecule has 0 heterocycles. The predicted molar refractivity (Wildman–Crippen MR) is 86.9 cm³/mol. The molecule has 20 heavy (non-hydrogen) atoms. The molecule has 6 heteroatoms. The van der Waals surface area contributed by atoms with Gasteiger partial charge in [-0.3, -0.25) is 4.57 Å². The second kappa shape index (κ2) is 8.11. The summed E-state index contributed by atoms with van der Waals surface area (Å²) in [5, 5.41) is 0. The van der Waals surface area contributed by atoms with Gasteiger partial charge in [0.15, 0.2) is 0 Å². The minimum absolute atomic E-state index is 0.259. The Morgan fingerprint density at radius 3 is 1.60 bits per heavy atom. The van der Waals surface area contributed by atoms with Crippen molar-refractivity contribution in [1.29, 1.82) is 0 Å². The highest BCUT2D eigenvalue weighted by atomic mass is 79.9. The topological polar surface area (TPSA) is 35.5 Å². The average Bonchev–Trinajstić information content (AvgIpc) is 2.45. The molecular weight excluding hydrogens is 407 g/mol. The number of rotatable bonds is 6. The molecule has 0 unspecified atom stereocenters. The van der Waals surface area contributed by atoms with E-state index < -0.39 is 8.25 Å². The summed E-state index contributed by atoms with van der Waals surface area (Å²) in [5.41, 5.74) is 1.88. The highest BCUT2D eigenvalue weighted by Gasteiger charge is 2.05. The molecule has 0 saturated heterocycles. The second-order valence-electron chi connectivity index (χ2n) is 4.01. The van der Waals surface area contributed by atoms with Gasteiger partial charge in [-0.25, -0.2) is 0 Å². The Labute approximate surface area is 135 Å². The molecule has 0 aromatic heterocycles. The van der Waals surface area contributed by atoms with Crippen LogP contribution in [0.2, 0.25) is 0 Å². The summed E-state index contributed by atoms with van der Waals surface area (Å²) in [5.74, 6) is 0. The smallest absolute Gasteiger partial charge is 0.306 e. The van der Waals surface area contributed by atoms with Crippen LogP contribution in [0.15, 0.2) is 57.5 Å². The minimum Gasteiger partial charge on any atom is -0.306 e. The van der Waals surface area contributed by atoms with Crippen LogP contribution in [0.3, 0.4) is 0 Å². The zero-order chi connectivity index (χ0) is 14.4. The van der Waals surface area contributed by atoms with E-state index in [0.717, 1.165) is 20.1 Å². The fourth-order valence-corrected chi connectivity index (χ4v) is 2.97. The number of hydrogen-bond acceptors (Lipinski definition) is 3. The van der Waals surface area contributed by atoms with Crippen molar-refractivity contribution in [2.75, 3.05) is 0 Å². The van der Waals surface area contributed by atoms with Crippen LogP contribution in [-0.2, 0) is 26.8 Å². The summed E-state index contributed by atoms with van der Waals surface area (Å²) < 4.78 is 24.1. The maximum atomic E-state index is 11.7. The molecule has 0 aliphatic carbocycles. The van der Waals surface area contributed by atoms with E-state index in [1.807, 2.05) is 48.5 Å². The molecule has 0 spiro atoms. The Morgan fingerprint density at radius 1 is 0.800 bits per heavy atom. The van der Waals surface area contributed by atoms with Gasteiger partial charge in [0.05, 0.1) is 13.2 Å². The molecule has 0 aliphatic rings. The molecule has 0 fully saturated rings. The lowest BCUT2D eigenvalue weighted by Gasteiger charge is -2.08. The normalized spacial score (nSPS) is 10.9. The van der Waals surface area contributed by atoms with Gasteiger partial charge in [-0.15, -0.1) is 0 Å². The van der Waals surface area contributed by atoms with E-state index in [0.29, 0.717) is 0 Å². The first kappa shape index (κ1) is 15.9. The van der Waals surface area contributed by atoms with Gasteiger partial charge in [0.2, 0.25) is 0 Å². The first-order valence-corrected chi connectivity index (χ1v) is 8.74. The number of halogens is 2. The van der Waals surface area contributed by atoms with Gasteiger partial charge in [0.25, 0.3) is 0 Å². The molecule has 0 atom stereocenters. The van der Waals surface area contributed by atoms with Crippen molar-refractivity contribution in [3.8, 4) is 0 Å². The maximum Gasteiger partial charge on any atom is 0.319 e. The molecule has 3 nitrogen and oxygen atoms in total. The molecule has 0 bridgehead atoms. The molecular formula is C14H13Br2O3P. The lowest BCUT2D eigenvalue weighted by Crippen LogP contribution is -1.91. The number of benzene rings is 2. The maximum absolute atomic E-state index is 11.7. The highest BCUT2D eigenvalue weighted by molar-refractivity contribution is 9.10. The zero-order valence-corrected chi connectivity index (χ0v) is 14.7. The van der Waals surface area contributed by atoms with Crippen molar-refractivity contribution in [2.45, 2.75) is 13.2 Å². The summed E-state index contributed by atoms with van der Waals surface area (Å²) in [6.45, 7) is 0.518. The second-order valence-corrected chi connectivity index (χ2v) is 6.80. The van der Waals surface area contributed by atoms with Gasteiger partial charge in [0, 0.05) is 8.95 Å². The SMILES string of the molecule is O=[PH](OCc1ccccc1Br)OCc1ccccc1Br. The van der Waals surface area contributed by atoms with Crippen molar-refractivity contribution in [3.63, 3.8) is 0 Å². The van der Waals surface area contributed by atoms with E-state index in [9.17, 15) is 4.57 Å². The Morgan fingerprint density at radius 2 is 1.20 bits per heavy atom.